The number of amides is 1. The fourth-order valence-corrected chi connectivity index (χ4v) is 2.83. The summed E-state index contributed by atoms with van der Waals surface area (Å²) in [6.45, 7) is 6.28. The lowest BCUT2D eigenvalue weighted by Crippen LogP contribution is -2.43. The van der Waals surface area contributed by atoms with Gasteiger partial charge < -0.3 is 10.4 Å². The highest BCUT2D eigenvalue weighted by Crippen LogP contribution is 2.29. The molecule has 1 aromatic carbocycles. The van der Waals surface area contributed by atoms with Crippen LogP contribution < -0.4 is 5.32 Å². The molecule has 0 heterocycles. The van der Waals surface area contributed by atoms with Gasteiger partial charge in [-0.25, -0.2) is 0 Å². The summed E-state index contributed by atoms with van der Waals surface area (Å²) in [5.74, 6) is 1.39. The number of hydrogen-bond donors (Lipinski definition) is 2. The van der Waals surface area contributed by atoms with Crippen molar-refractivity contribution in [3.8, 4) is 5.75 Å². The van der Waals surface area contributed by atoms with Crippen LogP contribution in [0.15, 0.2) is 18.2 Å². The number of hydrogen-bond acceptors (Lipinski definition) is 2. The Morgan fingerprint density at radius 3 is 2.74 bits per heavy atom. The van der Waals surface area contributed by atoms with E-state index >= 15 is 0 Å². The highest BCUT2D eigenvalue weighted by atomic mass is 16.3. The topological polar surface area (TPSA) is 49.3 Å². The molecule has 0 spiro atoms. The van der Waals surface area contributed by atoms with Gasteiger partial charge in [-0.05, 0) is 48.9 Å². The second-order valence-corrected chi connectivity index (χ2v) is 5.85. The highest BCUT2D eigenvalue weighted by Gasteiger charge is 2.28. The van der Waals surface area contributed by atoms with Gasteiger partial charge in [-0.3, -0.25) is 4.79 Å². The summed E-state index contributed by atoms with van der Waals surface area (Å²) in [6, 6.07) is 5.26. The molecule has 0 saturated heterocycles. The lowest BCUT2D eigenvalue weighted by Gasteiger charge is -2.34. The summed E-state index contributed by atoms with van der Waals surface area (Å²) < 4.78 is 0. The number of phenols is 1. The number of aromatic hydroxyl groups is 1. The van der Waals surface area contributed by atoms with Crippen LogP contribution >= 0.6 is 0 Å². The second-order valence-electron chi connectivity index (χ2n) is 5.85. The van der Waals surface area contributed by atoms with Crippen molar-refractivity contribution in [1.29, 1.82) is 0 Å². The largest absolute Gasteiger partial charge is 0.508 e. The van der Waals surface area contributed by atoms with Crippen molar-refractivity contribution < 1.29 is 9.90 Å². The summed E-state index contributed by atoms with van der Waals surface area (Å²) in [4.78, 5) is 12.2. The van der Waals surface area contributed by atoms with Crippen LogP contribution in [0.5, 0.6) is 5.75 Å². The first-order chi connectivity index (χ1) is 8.99. The molecular weight excluding hydrogens is 238 g/mol. The van der Waals surface area contributed by atoms with Gasteiger partial charge in [0.2, 0.25) is 0 Å². The van der Waals surface area contributed by atoms with Crippen LogP contribution in [0.25, 0.3) is 0 Å². The summed E-state index contributed by atoms with van der Waals surface area (Å²) in [5.41, 5.74) is 1.36. The number of carbonyl (C=O) groups excluding carboxylic acids is 1. The van der Waals surface area contributed by atoms with E-state index in [4.69, 9.17) is 0 Å². The first-order valence-electron chi connectivity index (χ1n) is 7.09. The van der Waals surface area contributed by atoms with Crippen molar-refractivity contribution in [1.82, 2.24) is 5.32 Å². The van der Waals surface area contributed by atoms with Gasteiger partial charge in [0.1, 0.15) is 5.75 Å². The van der Waals surface area contributed by atoms with Crippen LogP contribution in [-0.4, -0.2) is 17.1 Å². The SMILES string of the molecule is Cc1cc(C(=O)NC2CCCC(C)C2C)ccc1O. The van der Waals surface area contributed by atoms with Gasteiger partial charge in [-0.15, -0.1) is 0 Å². The van der Waals surface area contributed by atoms with E-state index in [0.29, 0.717) is 17.4 Å². The normalized spacial score (nSPS) is 27.0. The molecule has 1 aliphatic rings. The molecule has 1 saturated carbocycles. The number of aryl methyl sites for hydroxylation is 1. The zero-order valence-corrected chi connectivity index (χ0v) is 11.9. The van der Waals surface area contributed by atoms with Gasteiger partial charge in [0, 0.05) is 11.6 Å². The fraction of sp³-hybridized carbons (Fsp3) is 0.562. The van der Waals surface area contributed by atoms with Gasteiger partial charge in [0.05, 0.1) is 0 Å². The van der Waals surface area contributed by atoms with E-state index in [-0.39, 0.29) is 17.7 Å². The molecule has 0 aliphatic heterocycles. The van der Waals surface area contributed by atoms with Crippen LogP contribution in [0, 0.1) is 18.8 Å². The average molecular weight is 261 g/mol. The van der Waals surface area contributed by atoms with Crippen LogP contribution in [0.3, 0.4) is 0 Å². The molecule has 0 aromatic heterocycles. The molecule has 2 N–H and O–H groups in total. The Labute approximate surface area is 115 Å². The van der Waals surface area contributed by atoms with Crippen molar-refractivity contribution >= 4 is 5.91 Å². The molecule has 3 atom stereocenters. The Kier molecular flexibility index (Phi) is 4.13. The summed E-state index contributed by atoms with van der Waals surface area (Å²) in [7, 11) is 0. The maximum atomic E-state index is 12.2. The van der Waals surface area contributed by atoms with E-state index in [1.165, 1.54) is 12.8 Å². The van der Waals surface area contributed by atoms with Crippen LogP contribution in [-0.2, 0) is 0 Å². The quantitative estimate of drug-likeness (QED) is 0.858. The van der Waals surface area contributed by atoms with Crippen LogP contribution in [0.4, 0.5) is 0 Å². The van der Waals surface area contributed by atoms with Gasteiger partial charge in [-0.2, -0.15) is 0 Å². The van der Waals surface area contributed by atoms with E-state index in [1.807, 2.05) is 0 Å². The molecule has 1 aromatic rings. The molecular formula is C16H23NO2. The molecule has 2 rings (SSSR count). The number of benzene rings is 1. The molecule has 1 amide bonds. The van der Waals surface area contributed by atoms with E-state index in [0.717, 1.165) is 12.0 Å². The molecule has 0 radical (unpaired) electrons. The Morgan fingerprint density at radius 1 is 1.32 bits per heavy atom. The number of rotatable bonds is 2. The van der Waals surface area contributed by atoms with Crippen LogP contribution in [0.2, 0.25) is 0 Å². The van der Waals surface area contributed by atoms with Crippen molar-refractivity contribution in [2.75, 3.05) is 0 Å². The van der Waals surface area contributed by atoms with E-state index in [2.05, 4.69) is 19.2 Å². The second kappa shape index (κ2) is 5.64. The average Bonchev–Trinajstić information content (AvgIpc) is 2.38. The lowest BCUT2D eigenvalue weighted by molar-refractivity contribution is 0.0891. The van der Waals surface area contributed by atoms with E-state index in [1.54, 1.807) is 25.1 Å². The maximum Gasteiger partial charge on any atom is 0.251 e. The van der Waals surface area contributed by atoms with Gasteiger partial charge in [0.15, 0.2) is 0 Å². The van der Waals surface area contributed by atoms with Crippen LogP contribution in [0.1, 0.15) is 49.0 Å². The van der Waals surface area contributed by atoms with Gasteiger partial charge in [-0.1, -0.05) is 26.7 Å². The highest BCUT2D eigenvalue weighted by molar-refractivity contribution is 5.94. The third-order valence-corrected chi connectivity index (χ3v) is 4.48. The smallest absolute Gasteiger partial charge is 0.251 e. The first kappa shape index (κ1) is 13.9. The Balaban J connectivity index is 2.06. The molecule has 1 aliphatic carbocycles. The third-order valence-electron chi connectivity index (χ3n) is 4.48. The van der Waals surface area contributed by atoms with Crippen molar-refractivity contribution in [3.05, 3.63) is 29.3 Å². The van der Waals surface area contributed by atoms with E-state index in [9.17, 15) is 9.90 Å². The number of carbonyl (C=O) groups is 1. The summed E-state index contributed by atoms with van der Waals surface area (Å²) in [6.07, 6.45) is 3.51. The number of phenolic OH excluding ortho intramolecular Hbond substituents is 1. The molecule has 3 unspecified atom stereocenters. The minimum absolute atomic E-state index is 0.0333. The minimum atomic E-state index is -0.0333. The predicted octanol–water partition coefficient (Wildman–Crippen LogP) is 3.26. The van der Waals surface area contributed by atoms with Crippen molar-refractivity contribution in [2.45, 2.75) is 46.1 Å². The minimum Gasteiger partial charge on any atom is -0.508 e. The van der Waals surface area contributed by atoms with Gasteiger partial charge >= 0.3 is 0 Å². The molecule has 0 bridgehead atoms. The van der Waals surface area contributed by atoms with Crippen molar-refractivity contribution in [3.63, 3.8) is 0 Å². The predicted molar refractivity (Wildman–Crippen MR) is 76.3 cm³/mol. The molecule has 1 fully saturated rings. The lowest BCUT2D eigenvalue weighted by atomic mass is 9.78. The summed E-state index contributed by atoms with van der Waals surface area (Å²) >= 11 is 0. The Morgan fingerprint density at radius 2 is 2.05 bits per heavy atom. The Bertz CT molecular complexity index is 470. The molecule has 19 heavy (non-hydrogen) atoms. The zero-order chi connectivity index (χ0) is 14.0. The maximum absolute atomic E-state index is 12.2. The van der Waals surface area contributed by atoms with Gasteiger partial charge in [0.25, 0.3) is 5.91 Å². The number of nitrogens with one attached hydrogen (secondary N) is 1. The first-order valence-corrected chi connectivity index (χ1v) is 7.09. The van der Waals surface area contributed by atoms with Crippen molar-refractivity contribution in [2.24, 2.45) is 11.8 Å². The molecule has 3 heteroatoms. The summed E-state index contributed by atoms with van der Waals surface area (Å²) in [5, 5.41) is 12.6. The monoisotopic (exact) mass is 261 g/mol. The standard InChI is InChI=1S/C16H23NO2/c1-10-5-4-6-14(12(10)3)17-16(19)13-7-8-15(18)11(2)9-13/h7-10,12,14,18H,4-6H2,1-3H3,(H,17,19). The zero-order valence-electron chi connectivity index (χ0n) is 11.9. The molecule has 3 nitrogen and oxygen atoms in total. The molecule has 104 valence electrons. The fourth-order valence-electron chi connectivity index (χ4n) is 2.83. The Hall–Kier alpha value is -1.51. The van der Waals surface area contributed by atoms with E-state index < -0.39 is 0 Å². The third kappa shape index (κ3) is 3.09.